The summed E-state index contributed by atoms with van der Waals surface area (Å²) in [5, 5.41) is 11.4. The molecule has 0 aliphatic carbocycles. The Hall–Kier alpha value is -2.96. The fraction of sp³-hybridized carbons (Fsp3) is 0.350. The molecular formula is C20H22FN5O. The van der Waals surface area contributed by atoms with E-state index in [2.05, 4.69) is 21.5 Å². The van der Waals surface area contributed by atoms with Crippen LogP contribution in [0.1, 0.15) is 28.9 Å². The van der Waals surface area contributed by atoms with Gasteiger partial charge in [-0.25, -0.2) is 4.39 Å². The minimum absolute atomic E-state index is 0.0377. The highest BCUT2D eigenvalue weighted by Gasteiger charge is 2.25. The molecule has 1 N–H and O–H groups in total. The average Bonchev–Trinajstić information content (AvgIpc) is 3.32. The lowest BCUT2D eigenvalue weighted by atomic mass is 9.96. The monoisotopic (exact) mass is 367 g/mol. The van der Waals surface area contributed by atoms with E-state index in [1.54, 1.807) is 18.2 Å². The Morgan fingerprint density at radius 2 is 2.00 bits per heavy atom. The quantitative estimate of drug-likeness (QED) is 0.770. The molecule has 6 nitrogen and oxygen atoms in total. The van der Waals surface area contributed by atoms with Crippen molar-refractivity contribution < 1.29 is 9.18 Å². The lowest BCUT2D eigenvalue weighted by molar-refractivity contribution is 0.0675. The molecule has 3 heterocycles. The van der Waals surface area contributed by atoms with Crippen LogP contribution in [0, 0.1) is 18.7 Å². The van der Waals surface area contributed by atoms with Crippen LogP contribution < -0.4 is 0 Å². The van der Waals surface area contributed by atoms with Crippen molar-refractivity contribution in [1.82, 2.24) is 24.9 Å². The maximum Gasteiger partial charge on any atom is 0.271 e. The molecule has 0 saturated carbocycles. The van der Waals surface area contributed by atoms with Crippen LogP contribution in [0.5, 0.6) is 0 Å². The van der Waals surface area contributed by atoms with Gasteiger partial charge in [-0.3, -0.25) is 14.6 Å². The summed E-state index contributed by atoms with van der Waals surface area (Å²) in [6, 6.07) is 7.81. The van der Waals surface area contributed by atoms with Gasteiger partial charge in [0.1, 0.15) is 11.5 Å². The minimum atomic E-state index is -0.293. The first-order chi connectivity index (χ1) is 13.1. The van der Waals surface area contributed by atoms with Gasteiger partial charge in [0, 0.05) is 31.4 Å². The number of aromatic nitrogens is 4. The molecule has 1 aliphatic heterocycles. The Labute approximate surface area is 157 Å². The third-order valence-corrected chi connectivity index (χ3v) is 5.06. The highest BCUT2D eigenvalue weighted by Crippen LogP contribution is 2.22. The molecular weight excluding hydrogens is 345 g/mol. The summed E-state index contributed by atoms with van der Waals surface area (Å²) in [4.78, 5) is 14.6. The van der Waals surface area contributed by atoms with E-state index in [1.807, 2.05) is 22.7 Å². The Balaban J connectivity index is 1.36. The van der Waals surface area contributed by atoms with Gasteiger partial charge in [0.05, 0.1) is 11.9 Å². The van der Waals surface area contributed by atoms with Gasteiger partial charge >= 0.3 is 0 Å². The summed E-state index contributed by atoms with van der Waals surface area (Å²) in [5.74, 6) is 0.202. The van der Waals surface area contributed by atoms with Crippen LogP contribution in [0.15, 0.2) is 42.7 Å². The first-order valence-electron chi connectivity index (χ1n) is 9.18. The fourth-order valence-corrected chi connectivity index (χ4v) is 3.52. The maximum atomic E-state index is 13.1. The van der Waals surface area contributed by atoms with E-state index in [-0.39, 0.29) is 11.7 Å². The van der Waals surface area contributed by atoms with Gasteiger partial charge < -0.3 is 4.90 Å². The number of rotatable bonds is 4. The number of nitrogens with one attached hydrogen (secondary N) is 1. The first-order valence-corrected chi connectivity index (χ1v) is 9.18. The van der Waals surface area contributed by atoms with Crippen molar-refractivity contribution in [3.05, 3.63) is 59.8 Å². The Bertz CT molecular complexity index is 922. The zero-order valence-electron chi connectivity index (χ0n) is 15.2. The molecule has 0 unspecified atom stereocenters. The van der Waals surface area contributed by atoms with Crippen LogP contribution in [-0.2, 0) is 6.54 Å². The van der Waals surface area contributed by atoms with Crippen LogP contribution in [0.3, 0.4) is 0 Å². The van der Waals surface area contributed by atoms with E-state index in [0.29, 0.717) is 17.3 Å². The third-order valence-electron chi connectivity index (χ3n) is 5.06. The van der Waals surface area contributed by atoms with Crippen molar-refractivity contribution in [2.24, 2.45) is 5.92 Å². The van der Waals surface area contributed by atoms with Crippen molar-refractivity contribution in [2.45, 2.75) is 26.3 Å². The highest BCUT2D eigenvalue weighted by atomic mass is 19.1. The smallest absolute Gasteiger partial charge is 0.271 e. The molecule has 140 valence electrons. The average molecular weight is 367 g/mol. The predicted molar refractivity (Wildman–Crippen MR) is 99.6 cm³/mol. The minimum Gasteiger partial charge on any atom is -0.337 e. The molecule has 1 saturated heterocycles. The van der Waals surface area contributed by atoms with Crippen LogP contribution in [-0.4, -0.2) is 43.9 Å². The molecule has 0 radical (unpaired) electrons. The number of hydrogen-bond donors (Lipinski definition) is 1. The second kappa shape index (κ2) is 7.34. The van der Waals surface area contributed by atoms with Gasteiger partial charge in [0.15, 0.2) is 0 Å². The normalized spacial score (nSPS) is 15.3. The Morgan fingerprint density at radius 3 is 2.67 bits per heavy atom. The number of amides is 1. The maximum absolute atomic E-state index is 13.1. The molecule has 1 fully saturated rings. The number of aryl methyl sites for hydroxylation is 1. The van der Waals surface area contributed by atoms with E-state index in [4.69, 9.17) is 0 Å². The highest BCUT2D eigenvalue weighted by molar-refractivity contribution is 5.93. The number of piperidine rings is 1. The zero-order chi connectivity index (χ0) is 18.8. The van der Waals surface area contributed by atoms with Gasteiger partial charge in [-0.2, -0.15) is 10.2 Å². The number of aromatic amines is 1. The second-order valence-corrected chi connectivity index (χ2v) is 7.15. The van der Waals surface area contributed by atoms with Gasteiger partial charge in [-0.05, 0) is 61.6 Å². The summed E-state index contributed by atoms with van der Waals surface area (Å²) >= 11 is 0. The number of likely N-dealkylation sites (tertiary alicyclic amines) is 1. The van der Waals surface area contributed by atoms with E-state index in [9.17, 15) is 9.18 Å². The number of halogens is 1. The third kappa shape index (κ3) is 3.92. The van der Waals surface area contributed by atoms with Gasteiger partial charge in [-0.15, -0.1) is 0 Å². The van der Waals surface area contributed by atoms with E-state index in [0.717, 1.165) is 38.0 Å². The van der Waals surface area contributed by atoms with Crippen molar-refractivity contribution in [2.75, 3.05) is 13.1 Å². The molecule has 3 aromatic rings. The van der Waals surface area contributed by atoms with Gasteiger partial charge in [0.2, 0.25) is 0 Å². The summed E-state index contributed by atoms with van der Waals surface area (Å²) in [6.45, 7) is 4.40. The number of nitrogens with zero attached hydrogens (tertiary/aromatic N) is 4. The number of carbonyl (C=O) groups is 1. The predicted octanol–water partition coefficient (Wildman–Crippen LogP) is 3.27. The Kier molecular flexibility index (Phi) is 4.75. The van der Waals surface area contributed by atoms with E-state index >= 15 is 0 Å². The lowest BCUT2D eigenvalue weighted by Crippen LogP contribution is -2.39. The first kappa shape index (κ1) is 17.5. The summed E-state index contributed by atoms with van der Waals surface area (Å²) in [6.07, 6.45) is 5.85. The SMILES string of the molecule is Cc1cnn(CC2CCN(C(=O)c3cc(-c4ccc(F)cc4)n[nH]3)CC2)c1. The van der Waals surface area contributed by atoms with Crippen LogP contribution in [0.25, 0.3) is 11.3 Å². The Morgan fingerprint density at radius 1 is 1.26 bits per heavy atom. The summed E-state index contributed by atoms with van der Waals surface area (Å²) < 4.78 is 15.0. The molecule has 4 rings (SSSR count). The molecule has 1 amide bonds. The molecule has 1 aromatic carbocycles. The molecule has 0 atom stereocenters. The number of H-pyrrole nitrogens is 1. The summed E-state index contributed by atoms with van der Waals surface area (Å²) in [5.41, 5.74) is 3.05. The van der Waals surface area contributed by atoms with E-state index < -0.39 is 0 Å². The van der Waals surface area contributed by atoms with Crippen LogP contribution >= 0.6 is 0 Å². The second-order valence-electron chi connectivity index (χ2n) is 7.15. The van der Waals surface area contributed by atoms with E-state index in [1.165, 1.54) is 17.7 Å². The fourth-order valence-electron chi connectivity index (χ4n) is 3.52. The molecule has 7 heteroatoms. The number of hydrogen-bond acceptors (Lipinski definition) is 3. The summed E-state index contributed by atoms with van der Waals surface area (Å²) in [7, 11) is 0. The number of benzene rings is 1. The van der Waals surface area contributed by atoms with Gasteiger partial charge in [0.25, 0.3) is 5.91 Å². The lowest BCUT2D eigenvalue weighted by Gasteiger charge is -2.31. The zero-order valence-corrected chi connectivity index (χ0v) is 15.2. The van der Waals surface area contributed by atoms with Crippen LogP contribution in [0.4, 0.5) is 4.39 Å². The molecule has 27 heavy (non-hydrogen) atoms. The molecule has 0 bridgehead atoms. The van der Waals surface area contributed by atoms with Gasteiger partial charge in [-0.1, -0.05) is 0 Å². The van der Waals surface area contributed by atoms with Crippen molar-refractivity contribution in [3.63, 3.8) is 0 Å². The van der Waals surface area contributed by atoms with Crippen molar-refractivity contribution >= 4 is 5.91 Å². The van der Waals surface area contributed by atoms with Crippen LogP contribution in [0.2, 0.25) is 0 Å². The standard InChI is InChI=1S/C20H22FN5O/c1-14-11-22-26(12-14)13-15-6-8-25(9-7-15)20(27)19-10-18(23-24-19)16-2-4-17(21)5-3-16/h2-5,10-12,15H,6-9,13H2,1H3,(H,23,24). The molecule has 1 aliphatic rings. The van der Waals surface area contributed by atoms with Crippen molar-refractivity contribution in [1.29, 1.82) is 0 Å². The topological polar surface area (TPSA) is 66.8 Å². The number of carbonyl (C=O) groups excluding carboxylic acids is 1. The van der Waals surface area contributed by atoms with Crippen molar-refractivity contribution in [3.8, 4) is 11.3 Å². The molecule has 0 spiro atoms. The largest absolute Gasteiger partial charge is 0.337 e. The molecule has 2 aromatic heterocycles.